The summed E-state index contributed by atoms with van der Waals surface area (Å²) in [5.74, 6) is 0.178. The van der Waals surface area contributed by atoms with Crippen LogP contribution in [-0.4, -0.2) is 32.9 Å². The lowest BCUT2D eigenvalue weighted by Gasteiger charge is -2.15. The monoisotopic (exact) mass is 340 g/mol. The molecule has 6 nitrogen and oxygen atoms in total. The average Bonchev–Trinajstić information content (AvgIpc) is 2.43. The molecule has 1 aromatic rings. The van der Waals surface area contributed by atoms with Crippen molar-refractivity contribution in [3.63, 3.8) is 0 Å². The van der Waals surface area contributed by atoms with E-state index >= 15 is 0 Å². The third-order valence-electron chi connectivity index (χ3n) is 2.96. The van der Waals surface area contributed by atoms with E-state index < -0.39 is 5.97 Å². The lowest BCUT2D eigenvalue weighted by Crippen LogP contribution is -2.13. The first kappa shape index (κ1) is 18.4. The van der Waals surface area contributed by atoms with Crippen LogP contribution < -0.4 is 11.5 Å². The molecule has 7 N–H and O–H groups in total. The van der Waals surface area contributed by atoms with Gasteiger partial charge in [-0.15, -0.1) is 0 Å². The number of rotatable bonds is 8. The predicted octanol–water partition coefficient (Wildman–Crippen LogP) is 2.04. The van der Waals surface area contributed by atoms with Gasteiger partial charge in [0.05, 0.1) is 6.42 Å². The lowest BCUT2D eigenvalue weighted by molar-refractivity contribution is -0.137. The Labute approximate surface area is 138 Å². The van der Waals surface area contributed by atoms with Gasteiger partial charge >= 0.3 is 5.97 Å². The molecule has 8 heteroatoms. The Bertz CT molecular complexity index is 534. The number of carbonyl (C=O) groups is 1. The predicted molar refractivity (Wildman–Crippen MR) is 93.9 cm³/mol. The van der Waals surface area contributed by atoms with E-state index in [-0.39, 0.29) is 22.7 Å². The number of thioether (sulfide) groups is 2. The van der Waals surface area contributed by atoms with Gasteiger partial charge in [0.1, 0.15) is 0 Å². The molecule has 0 aromatic heterocycles. The molecule has 0 bridgehead atoms. The molecule has 0 heterocycles. The Morgan fingerprint density at radius 2 is 1.73 bits per heavy atom. The third kappa shape index (κ3) is 7.37. The summed E-state index contributed by atoms with van der Waals surface area (Å²) in [5, 5.41) is 23.5. The van der Waals surface area contributed by atoms with Crippen molar-refractivity contribution in [1.29, 1.82) is 10.8 Å². The number of benzene rings is 1. The summed E-state index contributed by atoms with van der Waals surface area (Å²) >= 11 is 2.45. The second kappa shape index (κ2) is 9.37. The van der Waals surface area contributed by atoms with Crippen LogP contribution in [-0.2, 0) is 11.2 Å². The molecule has 120 valence electrons. The van der Waals surface area contributed by atoms with Gasteiger partial charge in [0, 0.05) is 17.4 Å². The molecule has 0 amide bonds. The SMILES string of the molecule is N=C(N)SCCc1ccc([C@H](CSC(=N)N)CC(=O)O)cc1. The van der Waals surface area contributed by atoms with Crippen molar-refractivity contribution >= 4 is 39.8 Å². The summed E-state index contributed by atoms with van der Waals surface area (Å²) in [5.41, 5.74) is 12.7. The van der Waals surface area contributed by atoms with Gasteiger partial charge in [0.15, 0.2) is 10.3 Å². The van der Waals surface area contributed by atoms with Crippen molar-refractivity contribution in [1.82, 2.24) is 0 Å². The number of aliphatic carboxylic acids is 1. The largest absolute Gasteiger partial charge is 0.481 e. The molecular weight excluding hydrogens is 320 g/mol. The fourth-order valence-corrected chi connectivity index (χ4v) is 3.16. The Kier molecular flexibility index (Phi) is 7.83. The quantitative estimate of drug-likeness (QED) is 0.363. The van der Waals surface area contributed by atoms with E-state index in [1.165, 1.54) is 11.8 Å². The van der Waals surface area contributed by atoms with Crippen molar-refractivity contribution in [2.75, 3.05) is 11.5 Å². The Morgan fingerprint density at radius 3 is 2.23 bits per heavy atom. The Balaban J connectivity index is 2.67. The number of amidine groups is 2. The smallest absolute Gasteiger partial charge is 0.303 e. The first-order valence-corrected chi connectivity index (χ1v) is 8.60. The number of nitrogens with two attached hydrogens (primary N) is 2. The molecule has 1 rings (SSSR count). The maximum Gasteiger partial charge on any atom is 0.303 e. The summed E-state index contributed by atoms with van der Waals surface area (Å²) in [6.45, 7) is 0. The van der Waals surface area contributed by atoms with Crippen LogP contribution in [0.3, 0.4) is 0 Å². The number of carboxylic acids is 1. The number of hydrogen-bond donors (Lipinski definition) is 5. The number of aryl methyl sites for hydroxylation is 1. The van der Waals surface area contributed by atoms with Gasteiger partial charge in [-0.25, -0.2) is 0 Å². The minimum absolute atomic E-state index is 0.00623. The second-order valence-corrected chi connectivity index (χ2v) is 6.87. The maximum atomic E-state index is 11.0. The molecule has 0 radical (unpaired) electrons. The minimum Gasteiger partial charge on any atom is -0.481 e. The zero-order valence-corrected chi connectivity index (χ0v) is 13.7. The highest BCUT2D eigenvalue weighted by Gasteiger charge is 2.16. The van der Waals surface area contributed by atoms with Crippen LogP contribution in [0.25, 0.3) is 0 Å². The van der Waals surface area contributed by atoms with Gasteiger partial charge < -0.3 is 16.6 Å². The first-order valence-electron chi connectivity index (χ1n) is 6.62. The number of hydrogen-bond acceptors (Lipinski definition) is 5. The van der Waals surface area contributed by atoms with Gasteiger partial charge in [-0.1, -0.05) is 47.8 Å². The molecule has 0 fully saturated rings. The molecule has 0 saturated heterocycles. The molecular formula is C14H20N4O2S2. The molecule has 22 heavy (non-hydrogen) atoms. The Hall–Kier alpha value is -1.67. The molecule has 1 aromatic carbocycles. The van der Waals surface area contributed by atoms with E-state index in [0.29, 0.717) is 5.75 Å². The van der Waals surface area contributed by atoms with Gasteiger partial charge in [-0.2, -0.15) is 0 Å². The van der Waals surface area contributed by atoms with Crippen LogP contribution in [0.4, 0.5) is 0 Å². The van der Waals surface area contributed by atoms with Gasteiger partial charge in [0.2, 0.25) is 0 Å². The molecule has 0 aliphatic heterocycles. The van der Waals surface area contributed by atoms with Gasteiger partial charge in [0.25, 0.3) is 0 Å². The van der Waals surface area contributed by atoms with Crippen LogP contribution in [0.15, 0.2) is 24.3 Å². The van der Waals surface area contributed by atoms with Gasteiger partial charge in [-0.05, 0) is 17.5 Å². The summed E-state index contributed by atoms with van der Waals surface area (Å²) in [6.07, 6.45) is 0.816. The van der Waals surface area contributed by atoms with E-state index in [1.54, 1.807) is 0 Å². The molecule has 1 atom stereocenters. The molecule has 0 saturated carbocycles. The van der Waals surface area contributed by atoms with Crippen molar-refractivity contribution in [2.24, 2.45) is 11.5 Å². The second-order valence-electron chi connectivity index (χ2n) is 4.67. The molecule has 0 unspecified atom stereocenters. The Morgan fingerprint density at radius 1 is 1.14 bits per heavy atom. The highest BCUT2D eigenvalue weighted by Crippen LogP contribution is 2.25. The fraction of sp³-hybridized carbons (Fsp3) is 0.357. The van der Waals surface area contributed by atoms with Crippen LogP contribution in [0.5, 0.6) is 0 Å². The summed E-state index contributed by atoms with van der Waals surface area (Å²) in [7, 11) is 0. The summed E-state index contributed by atoms with van der Waals surface area (Å²) in [4.78, 5) is 11.0. The van der Waals surface area contributed by atoms with Crippen molar-refractivity contribution in [3.8, 4) is 0 Å². The zero-order valence-electron chi connectivity index (χ0n) is 12.0. The normalized spacial score (nSPS) is 11.8. The maximum absolute atomic E-state index is 11.0. The van der Waals surface area contributed by atoms with Crippen LogP contribution in [0.1, 0.15) is 23.5 Å². The van der Waals surface area contributed by atoms with Crippen molar-refractivity contribution in [2.45, 2.75) is 18.8 Å². The highest BCUT2D eigenvalue weighted by atomic mass is 32.2. The molecule has 0 spiro atoms. The van der Waals surface area contributed by atoms with E-state index in [9.17, 15) is 4.79 Å². The summed E-state index contributed by atoms with van der Waals surface area (Å²) < 4.78 is 0. The standard InChI is InChI=1S/C14H20N4O2S2/c15-13(16)21-6-5-9-1-3-10(4-2-9)11(7-12(19)20)8-22-14(17)18/h1-4,11H,5-8H2,(H3,15,16)(H3,17,18)(H,19,20)/t11-/m0/s1. The first-order chi connectivity index (χ1) is 10.4. The summed E-state index contributed by atoms with van der Waals surface area (Å²) in [6, 6.07) is 7.76. The van der Waals surface area contributed by atoms with Crippen LogP contribution in [0, 0.1) is 10.8 Å². The third-order valence-corrected chi connectivity index (χ3v) is 4.56. The molecule has 0 aliphatic carbocycles. The number of carboxylic acid groups (broad SMARTS) is 1. The van der Waals surface area contributed by atoms with E-state index in [2.05, 4.69) is 0 Å². The molecule has 0 aliphatic rings. The van der Waals surface area contributed by atoms with Crippen LogP contribution in [0.2, 0.25) is 0 Å². The van der Waals surface area contributed by atoms with Gasteiger partial charge in [-0.3, -0.25) is 15.6 Å². The topological polar surface area (TPSA) is 137 Å². The average molecular weight is 340 g/mol. The van der Waals surface area contributed by atoms with E-state index in [1.807, 2.05) is 24.3 Å². The minimum atomic E-state index is -0.865. The van der Waals surface area contributed by atoms with Crippen LogP contribution >= 0.6 is 23.5 Å². The van der Waals surface area contributed by atoms with Crippen molar-refractivity contribution < 1.29 is 9.90 Å². The van der Waals surface area contributed by atoms with Crippen molar-refractivity contribution in [3.05, 3.63) is 35.4 Å². The lowest BCUT2D eigenvalue weighted by atomic mass is 9.96. The van der Waals surface area contributed by atoms with E-state index in [4.69, 9.17) is 27.4 Å². The van der Waals surface area contributed by atoms with E-state index in [0.717, 1.165) is 35.1 Å². The zero-order chi connectivity index (χ0) is 16.5. The number of nitrogens with one attached hydrogen (secondary N) is 2. The fourth-order valence-electron chi connectivity index (χ4n) is 1.91. The highest BCUT2D eigenvalue weighted by molar-refractivity contribution is 8.13.